The molecule has 1 aliphatic rings. The maximum Gasteiger partial charge on any atom is 0.244 e. The molecular weight excluding hydrogens is 355 g/mol. The number of morpholine rings is 1. The first-order valence-electron chi connectivity index (χ1n) is 9.65. The molecule has 148 valence electrons. The van der Waals surface area contributed by atoms with Crippen LogP contribution in [-0.2, 0) is 9.53 Å². The van der Waals surface area contributed by atoms with Crippen molar-refractivity contribution in [3.63, 3.8) is 0 Å². The quantitative estimate of drug-likeness (QED) is 0.783. The van der Waals surface area contributed by atoms with Crippen LogP contribution < -0.4 is 10.2 Å². The molecule has 0 spiro atoms. The van der Waals surface area contributed by atoms with Crippen molar-refractivity contribution in [1.29, 1.82) is 0 Å². The van der Waals surface area contributed by atoms with Crippen LogP contribution in [0.25, 0.3) is 6.08 Å². The average molecular weight is 382 g/mol. The van der Waals surface area contributed by atoms with E-state index in [1.807, 2.05) is 19.1 Å². The zero-order valence-corrected chi connectivity index (χ0v) is 16.6. The van der Waals surface area contributed by atoms with Gasteiger partial charge in [0.15, 0.2) is 0 Å². The smallest absolute Gasteiger partial charge is 0.244 e. The van der Waals surface area contributed by atoms with Crippen LogP contribution in [0.4, 0.5) is 10.1 Å². The van der Waals surface area contributed by atoms with E-state index in [1.165, 1.54) is 18.2 Å². The van der Waals surface area contributed by atoms with Crippen LogP contribution in [0.1, 0.15) is 37.9 Å². The third kappa shape index (κ3) is 5.42. The Morgan fingerprint density at radius 3 is 2.61 bits per heavy atom. The van der Waals surface area contributed by atoms with E-state index in [0.29, 0.717) is 5.56 Å². The van der Waals surface area contributed by atoms with Crippen LogP contribution in [-0.4, -0.2) is 31.2 Å². The zero-order valence-electron chi connectivity index (χ0n) is 16.6. The fourth-order valence-corrected chi connectivity index (χ4v) is 3.51. The molecule has 1 amide bonds. The Hall–Kier alpha value is -2.66. The van der Waals surface area contributed by atoms with Crippen LogP contribution >= 0.6 is 0 Å². The van der Waals surface area contributed by atoms with Gasteiger partial charge >= 0.3 is 0 Å². The molecule has 0 radical (unpaired) electrons. The van der Waals surface area contributed by atoms with Gasteiger partial charge in [0.1, 0.15) is 5.82 Å². The summed E-state index contributed by atoms with van der Waals surface area (Å²) in [5.74, 6) is -0.532. The summed E-state index contributed by atoms with van der Waals surface area (Å²) in [5.41, 5.74) is 2.83. The summed E-state index contributed by atoms with van der Waals surface area (Å²) >= 11 is 0. The Kier molecular flexibility index (Phi) is 6.47. The highest BCUT2D eigenvalue weighted by Crippen LogP contribution is 2.24. The Balaban J connectivity index is 1.64. The van der Waals surface area contributed by atoms with Gasteiger partial charge in [-0.2, -0.15) is 0 Å². The third-order valence-corrected chi connectivity index (χ3v) is 4.79. The summed E-state index contributed by atoms with van der Waals surface area (Å²) in [6, 6.07) is 14.2. The van der Waals surface area contributed by atoms with Crippen molar-refractivity contribution in [1.82, 2.24) is 5.32 Å². The molecule has 0 aliphatic carbocycles. The van der Waals surface area contributed by atoms with Gasteiger partial charge in [-0.25, -0.2) is 4.39 Å². The van der Waals surface area contributed by atoms with Gasteiger partial charge in [0.05, 0.1) is 18.2 Å². The van der Waals surface area contributed by atoms with Gasteiger partial charge in [0.2, 0.25) is 5.91 Å². The minimum Gasteiger partial charge on any atom is -0.372 e. The molecule has 3 unspecified atom stereocenters. The van der Waals surface area contributed by atoms with Crippen LogP contribution in [0.3, 0.4) is 0 Å². The number of nitrogens with one attached hydrogen (secondary N) is 1. The van der Waals surface area contributed by atoms with Crippen molar-refractivity contribution in [2.45, 2.75) is 39.0 Å². The van der Waals surface area contributed by atoms with Gasteiger partial charge < -0.3 is 15.0 Å². The van der Waals surface area contributed by atoms with E-state index in [1.54, 1.807) is 18.2 Å². The van der Waals surface area contributed by atoms with Gasteiger partial charge in [-0.3, -0.25) is 4.79 Å². The van der Waals surface area contributed by atoms with Crippen LogP contribution in [0.2, 0.25) is 0 Å². The van der Waals surface area contributed by atoms with Gasteiger partial charge in [-0.15, -0.1) is 0 Å². The maximum atomic E-state index is 13.2. The molecule has 1 saturated heterocycles. The molecule has 2 aromatic rings. The summed E-state index contributed by atoms with van der Waals surface area (Å²) < 4.78 is 19.0. The molecule has 0 aromatic heterocycles. The van der Waals surface area contributed by atoms with Crippen molar-refractivity contribution >= 4 is 17.7 Å². The fraction of sp³-hybridized carbons (Fsp3) is 0.348. The predicted octanol–water partition coefficient (Wildman–Crippen LogP) is 4.33. The first kappa shape index (κ1) is 20.1. The second-order valence-electron chi connectivity index (χ2n) is 7.38. The Bertz CT molecular complexity index is 842. The lowest BCUT2D eigenvalue weighted by Crippen LogP contribution is -2.45. The molecule has 0 saturated carbocycles. The van der Waals surface area contributed by atoms with Crippen LogP contribution in [0.15, 0.2) is 54.6 Å². The standard InChI is InChI=1S/C23H27FN2O2/c1-16-14-26(15-17(2)28-16)22-9-5-7-20(13-22)18(3)25-23(27)11-10-19-6-4-8-21(24)12-19/h4-13,16-18H,14-15H2,1-3H3,(H,25,27)/b11-10+. The molecule has 3 rings (SSSR count). The predicted molar refractivity (Wildman–Crippen MR) is 111 cm³/mol. The fourth-order valence-electron chi connectivity index (χ4n) is 3.51. The number of amides is 1. The number of hydrogen-bond acceptors (Lipinski definition) is 3. The first-order chi connectivity index (χ1) is 13.4. The second kappa shape index (κ2) is 9.02. The summed E-state index contributed by atoms with van der Waals surface area (Å²) in [7, 11) is 0. The molecular formula is C23H27FN2O2. The largest absolute Gasteiger partial charge is 0.372 e. The van der Waals surface area contributed by atoms with E-state index in [4.69, 9.17) is 4.74 Å². The number of rotatable bonds is 5. The summed E-state index contributed by atoms with van der Waals surface area (Å²) in [6.07, 6.45) is 3.42. The number of carbonyl (C=O) groups is 1. The lowest BCUT2D eigenvalue weighted by Gasteiger charge is -2.37. The number of nitrogens with zero attached hydrogens (tertiary/aromatic N) is 1. The van der Waals surface area contributed by atoms with E-state index in [9.17, 15) is 9.18 Å². The summed E-state index contributed by atoms with van der Waals surface area (Å²) in [5, 5.41) is 2.97. The third-order valence-electron chi connectivity index (χ3n) is 4.79. The van der Waals surface area contributed by atoms with Crippen molar-refractivity contribution in [2.24, 2.45) is 0 Å². The minimum atomic E-state index is -0.320. The molecule has 4 nitrogen and oxygen atoms in total. The molecule has 28 heavy (non-hydrogen) atoms. The lowest BCUT2D eigenvalue weighted by atomic mass is 10.1. The zero-order chi connectivity index (χ0) is 20.1. The molecule has 0 bridgehead atoms. The van der Waals surface area contributed by atoms with Crippen LogP contribution in [0, 0.1) is 5.82 Å². The number of hydrogen-bond donors (Lipinski definition) is 1. The van der Waals surface area contributed by atoms with Crippen molar-refractivity contribution < 1.29 is 13.9 Å². The maximum absolute atomic E-state index is 13.2. The van der Waals surface area contributed by atoms with E-state index in [2.05, 4.69) is 36.2 Å². The minimum absolute atomic E-state index is 0.138. The molecule has 5 heteroatoms. The second-order valence-corrected chi connectivity index (χ2v) is 7.38. The SMILES string of the molecule is CC1CN(c2cccc(C(C)NC(=O)/C=C/c3cccc(F)c3)c2)CC(C)O1. The van der Waals surface area contributed by atoms with Gasteiger partial charge in [0, 0.05) is 24.9 Å². The summed E-state index contributed by atoms with van der Waals surface area (Å²) in [4.78, 5) is 14.6. The van der Waals surface area contributed by atoms with Gasteiger partial charge in [0.25, 0.3) is 0 Å². The number of halogens is 1. The van der Waals surface area contributed by atoms with Gasteiger partial charge in [-0.1, -0.05) is 24.3 Å². The highest BCUT2D eigenvalue weighted by molar-refractivity contribution is 5.92. The number of benzene rings is 2. The topological polar surface area (TPSA) is 41.6 Å². The van der Waals surface area contributed by atoms with E-state index in [0.717, 1.165) is 24.3 Å². The Morgan fingerprint density at radius 2 is 1.89 bits per heavy atom. The average Bonchev–Trinajstić information content (AvgIpc) is 2.66. The van der Waals surface area contributed by atoms with E-state index in [-0.39, 0.29) is 30.0 Å². The highest BCUT2D eigenvalue weighted by atomic mass is 19.1. The summed E-state index contributed by atoms with van der Waals surface area (Å²) in [6.45, 7) is 7.83. The molecule has 3 atom stereocenters. The number of anilines is 1. The highest BCUT2D eigenvalue weighted by Gasteiger charge is 2.22. The monoisotopic (exact) mass is 382 g/mol. The molecule has 1 fully saturated rings. The van der Waals surface area contributed by atoms with E-state index >= 15 is 0 Å². The molecule has 1 heterocycles. The molecule has 2 aromatic carbocycles. The molecule has 1 N–H and O–H groups in total. The Morgan fingerprint density at radius 1 is 1.18 bits per heavy atom. The lowest BCUT2D eigenvalue weighted by molar-refractivity contribution is -0.117. The van der Waals surface area contributed by atoms with E-state index < -0.39 is 0 Å². The first-order valence-corrected chi connectivity index (χ1v) is 9.65. The van der Waals surface area contributed by atoms with Crippen LogP contribution in [0.5, 0.6) is 0 Å². The van der Waals surface area contributed by atoms with Crippen molar-refractivity contribution in [2.75, 3.05) is 18.0 Å². The molecule has 1 aliphatic heterocycles. The van der Waals surface area contributed by atoms with Crippen molar-refractivity contribution in [3.05, 3.63) is 71.6 Å². The van der Waals surface area contributed by atoms with Gasteiger partial charge in [-0.05, 0) is 62.2 Å². The Labute approximate surface area is 166 Å². The normalized spacial score (nSPS) is 20.9. The number of ether oxygens (including phenoxy) is 1. The number of carbonyl (C=O) groups excluding carboxylic acids is 1. The van der Waals surface area contributed by atoms with Crippen molar-refractivity contribution in [3.8, 4) is 0 Å².